The standard InChI is InChI=1S/C6H11IN2O/c1-6(3-10-2)9-5-7-4-8-9/h4-6H,3H2,1-2H3/t6-/m0/s1. The van der Waals surface area contributed by atoms with Crippen molar-refractivity contribution in [2.45, 2.75) is 13.0 Å². The molecule has 0 aromatic rings. The van der Waals surface area contributed by atoms with Gasteiger partial charge >= 0.3 is 0 Å². The van der Waals surface area contributed by atoms with Gasteiger partial charge in [-0.1, -0.05) is 20.7 Å². The summed E-state index contributed by atoms with van der Waals surface area (Å²) < 4.78 is 9.17. The lowest BCUT2D eigenvalue weighted by molar-refractivity contribution is 0.141. The van der Waals surface area contributed by atoms with Crippen molar-refractivity contribution < 1.29 is 4.74 Å². The van der Waals surface area contributed by atoms with E-state index in [4.69, 9.17) is 4.74 Å². The zero-order valence-corrected chi connectivity index (χ0v) is 8.28. The first-order valence-corrected chi connectivity index (χ1v) is 5.58. The van der Waals surface area contributed by atoms with Gasteiger partial charge in [0.2, 0.25) is 0 Å². The van der Waals surface area contributed by atoms with Crippen molar-refractivity contribution in [3.05, 3.63) is 0 Å². The van der Waals surface area contributed by atoms with E-state index < -0.39 is 0 Å². The summed E-state index contributed by atoms with van der Waals surface area (Å²) in [6.45, 7) is 2.85. The first-order chi connectivity index (χ1) is 4.84. The van der Waals surface area contributed by atoms with Crippen LogP contribution in [0.2, 0.25) is 0 Å². The fourth-order valence-electron chi connectivity index (χ4n) is 0.711. The molecule has 0 amide bonds. The molecule has 58 valence electrons. The molecule has 1 aliphatic heterocycles. The molecule has 0 N–H and O–H groups in total. The second-order valence-electron chi connectivity index (χ2n) is 2.12. The van der Waals surface area contributed by atoms with Crippen molar-refractivity contribution >= 4 is 29.1 Å². The number of hydrogen-bond acceptors (Lipinski definition) is 3. The van der Waals surface area contributed by atoms with E-state index in [1.54, 1.807) is 7.11 Å². The fraction of sp³-hybridized carbons (Fsp3) is 0.667. The average Bonchev–Trinajstić information content (AvgIpc) is 2.38. The molecule has 0 spiro atoms. The smallest absolute Gasteiger partial charge is 0.0817 e. The molecule has 0 aliphatic carbocycles. The Morgan fingerprint density at radius 1 is 1.80 bits per heavy atom. The molecule has 4 heteroatoms. The zero-order valence-electron chi connectivity index (χ0n) is 6.12. The average molecular weight is 254 g/mol. The number of hydrazone groups is 1. The summed E-state index contributed by atoms with van der Waals surface area (Å²) in [6.07, 6.45) is 0. The Kier molecular flexibility index (Phi) is 3.27. The molecule has 0 saturated heterocycles. The van der Waals surface area contributed by atoms with E-state index in [-0.39, 0.29) is 20.7 Å². The molecule has 1 atom stereocenters. The summed E-state index contributed by atoms with van der Waals surface area (Å²) in [5, 5.41) is 6.16. The van der Waals surface area contributed by atoms with Crippen molar-refractivity contribution in [1.29, 1.82) is 0 Å². The highest BCUT2D eigenvalue weighted by atomic mass is 127. The molecule has 10 heavy (non-hydrogen) atoms. The minimum absolute atomic E-state index is 0.111. The maximum atomic E-state index is 4.99. The van der Waals surface area contributed by atoms with Crippen LogP contribution in [-0.2, 0) is 4.74 Å². The van der Waals surface area contributed by atoms with E-state index in [0.717, 1.165) is 6.61 Å². The Labute approximate surface area is 70.8 Å². The highest BCUT2D eigenvalue weighted by Gasteiger charge is 2.09. The topological polar surface area (TPSA) is 24.8 Å². The predicted octanol–water partition coefficient (Wildman–Crippen LogP) is 1.01. The Balaban J connectivity index is 2.33. The molecule has 0 unspecified atom stereocenters. The lowest BCUT2D eigenvalue weighted by Crippen LogP contribution is -2.28. The molecule has 1 heterocycles. The first kappa shape index (κ1) is 8.13. The molecule has 0 saturated carbocycles. The Morgan fingerprint density at radius 3 is 3.10 bits per heavy atom. The van der Waals surface area contributed by atoms with E-state index in [2.05, 4.69) is 16.2 Å². The SMILES string of the molecule is COC[C@H](C)N1C=IC=N1. The number of rotatable bonds is 3. The van der Waals surface area contributed by atoms with Gasteiger partial charge in [0.15, 0.2) is 0 Å². The minimum atomic E-state index is 0.111. The fourth-order valence-corrected chi connectivity index (χ4v) is 2.31. The van der Waals surface area contributed by atoms with Gasteiger partial charge in [0, 0.05) is 7.11 Å². The minimum Gasteiger partial charge on any atom is -0.382 e. The highest BCUT2D eigenvalue weighted by molar-refractivity contribution is 14.2. The molecule has 0 aromatic heterocycles. The van der Waals surface area contributed by atoms with Gasteiger partial charge in [-0.2, -0.15) is 5.10 Å². The van der Waals surface area contributed by atoms with Crippen LogP contribution in [0.25, 0.3) is 0 Å². The molecule has 1 aliphatic rings. The van der Waals surface area contributed by atoms with Gasteiger partial charge in [0.1, 0.15) is 0 Å². The quantitative estimate of drug-likeness (QED) is 0.702. The van der Waals surface area contributed by atoms with Crippen molar-refractivity contribution in [2.24, 2.45) is 5.10 Å². The molecular weight excluding hydrogens is 243 g/mol. The van der Waals surface area contributed by atoms with E-state index >= 15 is 0 Å². The molecule has 0 radical (unpaired) electrons. The third kappa shape index (κ3) is 2.02. The molecule has 3 nitrogen and oxygen atoms in total. The van der Waals surface area contributed by atoms with Crippen molar-refractivity contribution in [3.8, 4) is 0 Å². The van der Waals surface area contributed by atoms with Crippen molar-refractivity contribution in [3.63, 3.8) is 0 Å². The van der Waals surface area contributed by atoms with Gasteiger partial charge in [0.25, 0.3) is 0 Å². The van der Waals surface area contributed by atoms with Gasteiger partial charge in [-0.15, -0.1) is 0 Å². The van der Waals surface area contributed by atoms with Gasteiger partial charge in [-0.3, -0.25) is 5.01 Å². The summed E-state index contributed by atoms with van der Waals surface area (Å²) in [4.78, 5) is 0. The van der Waals surface area contributed by atoms with E-state index in [9.17, 15) is 0 Å². The summed E-state index contributed by atoms with van der Waals surface area (Å²) >= 11 is 0.111. The zero-order chi connectivity index (χ0) is 7.40. The van der Waals surface area contributed by atoms with Crippen LogP contribution in [0.4, 0.5) is 0 Å². The number of hydrogen-bond donors (Lipinski definition) is 0. The van der Waals surface area contributed by atoms with Crippen LogP contribution in [0, 0.1) is 0 Å². The summed E-state index contributed by atoms with van der Waals surface area (Å²) in [7, 11) is 1.71. The summed E-state index contributed by atoms with van der Waals surface area (Å²) in [6, 6.07) is 0.392. The van der Waals surface area contributed by atoms with E-state index in [1.807, 2.05) is 9.23 Å². The molecule has 1 rings (SSSR count). The highest BCUT2D eigenvalue weighted by Crippen LogP contribution is 2.07. The summed E-state index contributed by atoms with van der Waals surface area (Å²) in [5.74, 6) is 0. The van der Waals surface area contributed by atoms with Crippen LogP contribution in [0.3, 0.4) is 0 Å². The summed E-state index contributed by atoms with van der Waals surface area (Å²) in [5.41, 5.74) is 0. The van der Waals surface area contributed by atoms with Crippen molar-refractivity contribution in [1.82, 2.24) is 5.01 Å². The van der Waals surface area contributed by atoms with Gasteiger partial charge in [0.05, 0.1) is 21.0 Å². The molecular formula is C6H11IN2O. The van der Waals surface area contributed by atoms with E-state index in [0.29, 0.717) is 6.04 Å². The lowest BCUT2D eigenvalue weighted by atomic mass is 10.4. The maximum absolute atomic E-state index is 4.99. The predicted molar refractivity (Wildman–Crippen MR) is 51.8 cm³/mol. The molecule has 0 bridgehead atoms. The second kappa shape index (κ2) is 4.02. The first-order valence-electron chi connectivity index (χ1n) is 3.09. The number of methoxy groups -OCH3 is 1. The Morgan fingerprint density at radius 2 is 2.60 bits per heavy atom. The lowest BCUT2D eigenvalue weighted by Gasteiger charge is -2.18. The van der Waals surface area contributed by atoms with Crippen LogP contribution in [-0.4, -0.2) is 33.1 Å². The molecule has 0 aromatic carbocycles. The third-order valence-corrected chi connectivity index (χ3v) is 2.71. The second-order valence-corrected chi connectivity index (χ2v) is 3.95. The Hall–Kier alpha value is 0.0300. The van der Waals surface area contributed by atoms with Crippen LogP contribution in [0.15, 0.2) is 5.10 Å². The van der Waals surface area contributed by atoms with Gasteiger partial charge in [-0.05, 0) is 6.92 Å². The largest absolute Gasteiger partial charge is 0.382 e. The Bertz CT molecular complexity index is 146. The van der Waals surface area contributed by atoms with Crippen LogP contribution in [0.1, 0.15) is 6.92 Å². The monoisotopic (exact) mass is 254 g/mol. The van der Waals surface area contributed by atoms with Gasteiger partial charge in [-0.25, -0.2) is 0 Å². The number of ether oxygens (including phenoxy) is 1. The van der Waals surface area contributed by atoms with Crippen LogP contribution < -0.4 is 0 Å². The third-order valence-electron chi connectivity index (χ3n) is 1.25. The number of halogens is 1. The number of nitrogens with zero attached hydrogens (tertiary/aromatic N) is 2. The van der Waals surface area contributed by atoms with Crippen molar-refractivity contribution in [2.75, 3.05) is 13.7 Å². The van der Waals surface area contributed by atoms with E-state index in [1.165, 1.54) is 0 Å². The maximum Gasteiger partial charge on any atom is 0.0817 e. The van der Waals surface area contributed by atoms with Crippen LogP contribution >= 0.6 is 20.7 Å². The van der Waals surface area contributed by atoms with Crippen LogP contribution in [0.5, 0.6) is 0 Å². The molecule has 0 fully saturated rings. The van der Waals surface area contributed by atoms with Gasteiger partial charge < -0.3 is 4.74 Å². The normalized spacial score (nSPS) is 19.2.